The Morgan fingerprint density at radius 1 is 1.29 bits per heavy atom. The molecule has 0 amide bonds. The van der Waals surface area contributed by atoms with Crippen LogP contribution in [0, 0.1) is 0 Å². The van der Waals surface area contributed by atoms with Crippen LogP contribution in [-0.2, 0) is 10.0 Å². The highest BCUT2D eigenvalue weighted by molar-refractivity contribution is 7.89. The summed E-state index contributed by atoms with van der Waals surface area (Å²) in [6.07, 6.45) is 0.764. The van der Waals surface area contributed by atoms with E-state index < -0.39 is 16.1 Å². The molecule has 1 aromatic carbocycles. The molecule has 0 aliphatic carbocycles. The molecule has 0 aliphatic heterocycles. The molecule has 0 spiro atoms. The summed E-state index contributed by atoms with van der Waals surface area (Å²) in [5.74, 6) is -0.291. The average Bonchev–Trinajstić information content (AvgIpc) is 2.30. The maximum atomic E-state index is 11.6. The van der Waals surface area contributed by atoms with E-state index in [1.54, 1.807) is 24.3 Å². The van der Waals surface area contributed by atoms with Gasteiger partial charge in [0, 0.05) is 6.54 Å². The third-order valence-electron chi connectivity index (χ3n) is 2.41. The zero-order valence-electron chi connectivity index (χ0n) is 9.96. The molecule has 0 fully saturated rings. The Bertz CT molecular complexity index is 417. The molecule has 96 valence electrons. The molecule has 1 unspecified atom stereocenters. The SMILES string of the molecule is CCCCNS(=O)(=O)CC(O)c1ccccc1. The van der Waals surface area contributed by atoms with Gasteiger partial charge in [0.15, 0.2) is 0 Å². The van der Waals surface area contributed by atoms with Gasteiger partial charge in [-0.25, -0.2) is 13.1 Å². The van der Waals surface area contributed by atoms with Crippen LogP contribution in [0.4, 0.5) is 0 Å². The van der Waals surface area contributed by atoms with Crippen LogP contribution in [0.15, 0.2) is 30.3 Å². The number of unbranched alkanes of at least 4 members (excludes halogenated alkanes) is 1. The Hall–Kier alpha value is -0.910. The fourth-order valence-electron chi connectivity index (χ4n) is 1.44. The van der Waals surface area contributed by atoms with E-state index in [9.17, 15) is 13.5 Å². The zero-order chi connectivity index (χ0) is 12.7. The van der Waals surface area contributed by atoms with Gasteiger partial charge in [0.05, 0.1) is 11.9 Å². The number of sulfonamides is 1. The molecule has 5 heteroatoms. The lowest BCUT2D eigenvalue weighted by molar-refractivity contribution is 0.201. The van der Waals surface area contributed by atoms with Crippen LogP contribution < -0.4 is 4.72 Å². The smallest absolute Gasteiger partial charge is 0.214 e. The van der Waals surface area contributed by atoms with Gasteiger partial charge in [0.25, 0.3) is 0 Å². The third kappa shape index (κ3) is 5.30. The molecule has 0 radical (unpaired) electrons. The highest BCUT2D eigenvalue weighted by atomic mass is 32.2. The van der Waals surface area contributed by atoms with Gasteiger partial charge in [-0.1, -0.05) is 43.7 Å². The summed E-state index contributed by atoms with van der Waals surface area (Å²) in [4.78, 5) is 0. The predicted molar refractivity (Wildman–Crippen MR) is 68.1 cm³/mol. The lowest BCUT2D eigenvalue weighted by Crippen LogP contribution is -2.30. The Balaban J connectivity index is 2.53. The topological polar surface area (TPSA) is 66.4 Å². The number of hydrogen-bond acceptors (Lipinski definition) is 3. The zero-order valence-corrected chi connectivity index (χ0v) is 10.8. The molecular weight excluding hydrogens is 238 g/mol. The van der Waals surface area contributed by atoms with E-state index in [0.717, 1.165) is 12.8 Å². The summed E-state index contributed by atoms with van der Waals surface area (Å²) in [6, 6.07) is 8.80. The molecule has 0 saturated heterocycles. The molecule has 1 atom stereocenters. The lowest BCUT2D eigenvalue weighted by atomic mass is 10.1. The molecular formula is C12H19NO3S. The van der Waals surface area contributed by atoms with Crippen molar-refractivity contribution in [2.75, 3.05) is 12.3 Å². The van der Waals surface area contributed by atoms with E-state index in [1.807, 2.05) is 13.0 Å². The first-order valence-corrected chi connectivity index (χ1v) is 7.40. The minimum atomic E-state index is -3.40. The Morgan fingerprint density at radius 2 is 1.94 bits per heavy atom. The minimum absolute atomic E-state index is 0.291. The average molecular weight is 257 g/mol. The first-order chi connectivity index (χ1) is 8.05. The first-order valence-electron chi connectivity index (χ1n) is 5.75. The normalized spacial score (nSPS) is 13.5. The van der Waals surface area contributed by atoms with E-state index >= 15 is 0 Å². The molecule has 0 aliphatic rings. The van der Waals surface area contributed by atoms with Crippen LogP contribution in [0.3, 0.4) is 0 Å². The molecule has 0 saturated carbocycles. The fourth-order valence-corrected chi connectivity index (χ4v) is 2.62. The number of aliphatic hydroxyl groups excluding tert-OH is 1. The van der Waals surface area contributed by atoms with Crippen molar-refractivity contribution in [3.8, 4) is 0 Å². The first kappa shape index (κ1) is 14.2. The largest absolute Gasteiger partial charge is 0.387 e. The van der Waals surface area contributed by atoms with Crippen molar-refractivity contribution in [3.63, 3.8) is 0 Å². The highest BCUT2D eigenvalue weighted by Gasteiger charge is 2.17. The molecule has 0 heterocycles. The van der Waals surface area contributed by atoms with E-state index in [2.05, 4.69) is 4.72 Å². The molecule has 0 aromatic heterocycles. The second-order valence-corrected chi connectivity index (χ2v) is 5.81. The number of rotatable bonds is 7. The number of benzene rings is 1. The van der Waals surface area contributed by atoms with Crippen molar-refractivity contribution < 1.29 is 13.5 Å². The summed E-state index contributed by atoms with van der Waals surface area (Å²) < 4.78 is 25.7. The van der Waals surface area contributed by atoms with Crippen LogP contribution >= 0.6 is 0 Å². The van der Waals surface area contributed by atoms with Crippen LogP contribution in [-0.4, -0.2) is 25.8 Å². The Kier molecular flexibility index (Phi) is 5.61. The second-order valence-electron chi connectivity index (χ2n) is 3.96. The number of nitrogens with one attached hydrogen (secondary N) is 1. The Morgan fingerprint density at radius 3 is 2.53 bits per heavy atom. The van der Waals surface area contributed by atoms with Gasteiger partial charge in [-0.2, -0.15) is 0 Å². The molecule has 0 bridgehead atoms. The van der Waals surface area contributed by atoms with Crippen LogP contribution in [0.2, 0.25) is 0 Å². The standard InChI is InChI=1S/C12H19NO3S/c1-2-3-9-13-17(15,16)10-12(14)11-7-5-4-6-8-11/h4-8,12-14H,2-3,9-10H2,1H3. The van der Waals surface area contributed by atoms with E-state index in [1.165, 1.54) is 0 Å². The van der Waals surface area contributed by atoms with E-state index in [4.69, 9.17) is 0 Å². The lowest BCUT2D eigenvalue weighted by Gasteiger charge is -2.12. The molecule has 4 nitrogen and oxygen atoms in total. The van der Waals surface area contributed by atoms with Gasteiger partial charge < -0.3 is 5.11 Å². The summed E-state index contributed by atoms with van der Waals surface area (Å²) in [5.41, 5.74) is 0.619. The fraction of sp³-hybridized carbons (Fsp3) is 0.500. The van der Waals surface area contributed by atoms with Gasteiger partial charge in [0.1, 0.15) is 0 Å². The quantitative estimate of drug-likeness (QED) is 0.726. The van der Waals surface area contributed by atoms with Crippen molar-refractivity contribution in [1.29, 1.82) is 0 Å². The summed E-state index contributed by atoms with van der Waals surface area (Å²) in [7, 11) is -3.40. The van der Waals surface area contributed by atoms with Crippen LogP contribution in [0.5, 0.6) is 0 Å². The molecule has 2 N–H and O–H groups in total. The monoisotopic (exact) mass is 257 g/mol. The third-order valence-corrected chi connectivity index (χ3v) is 3.81. The van der Waals surface area contributed by atoms with Crippen molar-refractivity contribution in [2.24, 2.45) is 0 Å². The molecule has 1 aromatic rings. The van der Waals surface area contributed by atoms with Crippen molar-refractivity contribution >= 4 is 10.0 Å². The van der Waals surface area contributed by atoms with Crippen LogP contribution in [0.1, 0.15) is 31.4 Å². The van der Waals surface area contributed by atoms with Crippen molar-refractivity contribution in [2.45, 2.75) is 25.9 Å². The summed E-state index contributed by atoms with van der Waals surface area (Å²) in [5, 5.41) is 9.79. The minimum Gasteiger partial charge on any atom is -0.387 e. The number of aliphatic hydroxyl groups is 1. The predicted octanol–water partition coefficient (Wildman–Crippen LogP) is 1.44. The Labute approximate surface area is 103 Å². The maximum Gasteiger partial charge on any atom is 0.214 e. The molecule has 1 rings (SSSR count). The summed E-state index contributed by atoms with van der Waals surface area (Å²) >= 11 is 0. The van der Waals surface area contributed by atoms with Gasteiger partial charge in [-0.05, 0) is 12.0 Å². The van der Waals surface area contributed by atoms with Crippen molar-refractivity contribution in [1.82, 2.24) is 4.72 Å². The number of hydrogen-bond donors (Lipinski definition) is 2. The van der Waals surface area contributed by atoms with Gasteiger partial charge >= 0.3 is 0 Å². The van der Waals surface area contributed by atoms with E-state index in [-0.39, 0.29) is 5.75 Å². The van der Waals surface area contributed by atoms with Crippen molar-refractivity contribution in [3.05, 3.63) is 35.9 Å². The van der Waals surface area contributed by atoms with Crippen LogP contribution in [0.25, 0.3) is 0 Å². The van der Waals surface area contributed by atoms with E-state index in [0.29, 0.717) is 12.1 Å². The van der Waals surface area contributed by atoms with Gasteiger partial charge in [-0.3, -0.25) is 0 Å². The molecule has 17 heavy (non-hydrogen) atoms. The second kappa shape index (κ2) is 6.74. The van der Waals surface area contributed by atoms with Gasteiger partial charge in [-0.15, -0.1) is 0 Å². The van der Waals surface area contributed by atoms with Gasteiger partial charge in [0.2, 0.25) is 10.0 Å². The summed E-state index contributed by atoms with van der Waals surface area (Å²) in [6.45, 7) is 2.42. The maximum absolute atomic E-state index is 11.6. The highest BCUT2D eigenvalue weighted by Crippen LogP contribution is 2.13.